The van der Waals surface area contributed by atoms with Gasteiger partial charge in [0.1, 0.15) is 5.69 Å². The van der Waals surface area contributed by atoms with Crippen molar-refractivity contribution in [2.45, 2.75) is 20.4 Å². The quantitative estimate of drug-likeness (QED) is 0.866. The summed E-state index contributed by atoms with van der Waals surface area (Å²) in [5.41, 5.74) is 3.91. The first-order chi connectivity index (χ1) is 12.1. The van der Waals surface area contributed by atoms with Gasteiger partial charge in [-0.15, -0.1) is 0 Å². The van der Waals surface area contributed by atoms with Crippen molar-refractivity contribution in [3.05, 3.63) is 53.1 Å². The number of amides is 1. The number of aromatic nitrogens is 2. The van der Waals surface area contributed by atoms with Crippen molar-refractivity contribution >= 4 is 5.91 Å². The number of nitrogens with zero attached hydrogens (tertiary/aromatic N) is 3. The van der Waals surface area contributed by atoms with E-state index in [1.165, 1.54) is 0 Å². The van der Waals surface area contributed by atoms with Crippen molar-refractivity contribution < 1.29 is 9.53 Å². The Bertz CT molecular complexity index is 706. The van der Waals surface area contributed by atoms with Gasteiger partial charge in [-0.25, -0.2) is 0 Å². The monoisotopic (exact) mass is 342 g/mol. The Kier molecular flexibility index (Phi) is 5.83. The molecule has 1 saturated heterocycles. The molecule has 2 aromatic heterocycles. The Labute approximate surface area is 148 Å². The zero-order chi connectivity index (χ0) is 17.6. The number of carbonyl (C=O) groups is 1. The van der Waals surface area contributed by atoms with Crippen LogP contribution in [0.5, 0.6) is 0 Å². The molecule has 1 N–H and O–H groups in total. The molecule has 0 saturated carbocycles. The van der Waals surface area contributed by atoms with Gasteiger partial charge >= 0.3 is 0 Å². The first kappa shape index (κ1) is 17.6. The predicted octanol–water partition coefficient (Wildman–Crippen LogP) is 1.61. The van der Waals surface area contributed by atoms with Crippen molar-refractivity contribution in [2.24, 2.45) is 0 Å². The lowest BCUT2D eigenvalue weighted by Crippen LogP contribution is -2.41. The minimum atomic E-state index is -0.0113. The maximum atomic E-state index is 12.7. The van der Waals surface area contributed by atoms with Crippen molar-refractivity contribution in [1.82, 2.24) is 19.8 Å². The fourth-order valence-electron chi connectivity index (χ4n) is 3.26. The molecule has 3 rings (SSSR count). The lowest BCUT2D eigenvalue weighted by Gasteiger charge is -2.26. The minimum absolute atomic E-state index is 0.0113. The number of rotatable bonds is 6. The molecule has 1 amide bonds. The molecule has 0 radical (unpaired) electrons. The van der Waals surface area contributed by atoms with Gasteiger partial charge in [0.2, 0.25) is 0 Å². The SMILES string of the molecule is Cc1cc(C)n(Cc2cccnc2)c1C(=O)NCCN1CCOCC1. The lowest BCUT2D eigenvalue weighted by atomic mass is 10.2. The summed E-state index contributed by atoms with van der Waals surface area (Å²) in [7, 11) is 0. The topological polar surface area (TPSA) is 59.4 Å². The second-order valence-corrected chi connectivity index (χ2v) is 6.47. The summed E-state index contributed by atoms with van der Waals surface area (Å²) < 4.78 is 7.42. The molecule has 0 aliphatic carbocycles. The average molecular weight is 342 g/mol. The third-order valence-electron chi connectivity index (χ3n) is 4.59. The van der Waals surface area contributed by atoms with Gasteiger partial charge < -0.3 is 14.6 Å². The van der Waals surface area contributed by atoms with E-state index in [1.54, 1.807) is 6.20 Å². The van der Waals surface area contributed by atoms with E-state index in [4.69, 9.17) is 4.74 Å². The second kappa shape index (κ2) is 8.27. The summed E-state index contributed by atoms with van der Waals surface area (Å²) in [5.74, 6) is -0.0113. The summed E-state index contributed by atoms with van der Waals surface area (Å²) in [6.07, 6.45) is 3.60. The second-order valence-electron chi connectivity index (χ2n) is 6.47. The van der Waals surface area contributed by atoms with Gasteiger partial charge in [-0.3, -0.25) is 14.7 Å². The summed E-state index contributed by atoms with van der Waals surface area (Å²) in [5, 5.41) is 3.07. The van der Waals surface area contributed by atoms with Crippen LogP contribution in [-0.2, 0) is 11.3 Å². The maximum absolute atomic E-state index is 12.7. The molecule has 25 heavy (non-hydrogen) atoms. The molecule has 0 atom stereocenters. The molecule has 1 aliphatic rings. The Morgan fingerprint density at radius 3 is 2.84 bits per heavy atom. The number of hydrogen-bond acceptors (Lipinski definition) is 4. The summed E-state index contributed by atoms with van der Waals surface area (Å²) in [6, 6.07) is 6.01. The van der Waals surface area contributed by atoms with Gasteiger partial charge in [-0.1, -0.05) is 6.07 Å². The van der Waals surface area contributed by atoms with E-state index in [2.05, 4.69) is 25.8 Å². The van der Waals surface area contributed by atoms with Gasteiger partial charge in [0.25, 0.3) is 5.91 Å². The van der Waals surface area contributed by atoms with Gasteiger partial charge in [0, 0.05) is 50.8 Å². The Balaban J connectivity index is 1.65. The first-order valence-corrected chi connectivity index (χ1v) is 8.79. The van der Waals surface area contributed by atoms with Gasteiger partial charge in [0.05, 0.1) is 13.2 Å². The number of carbonyl (C=O) groups excluding carboxylic acids is 1. The largest absolute Gasteiger partial charge is 0.379 e. The third kappa shape index (κ3) is 4.46. The summed E-state index contributed by atoms with van der Waals surface area (Å²) >= 11 is 0. The van der Waals surface area contributed by atoms with Crippen LogP contribution in [0, 0.1) is 13.8 Å². The van der Waals surface area contributed by atoms with Crippen molar-refractivity contribution in [3.8, 4) is 0 Å². The Hall–Kier alpha value is -2.18. The van der Waals surface area contributed by atoms with Crippen LogP contribution < -0.4 is 5.32 Å². The van der Waals surface area contributed by atoms with Gasteiger partial charge in [0.15, 0.2) is 0 Å². The van der Waals surface area contributed by atoms with E-state index in [-0.39, 0.29) is 5.91 Å². The lowest BCUT2D eigenvalue weighted by molar-refractivity contribution is 0.0383. The molecule has 0 spiro atoms. The fraction of sp³-hybridized carbons (Fsp3) is 0.474. The van der Waals surface area contributed by atoms with Crippen LogP contribution in [0.3, 0.4) is 0 Å². The number of pyridine rings is 1. The van der Waals surface area contributed by atoms with E-state index in [0.717, 1.165) is 55.4 Å². The molecule has 3 heterocycles. The van der Waals surface area contributed by atoms with Crippen LogP contribution >= 0.6 is 0 Å². The van der Waals surface area contributed by atoms with E-state index < -0.39 is 0 Å². The number of morpholine rings is 1. The zero-order valence-electron chi connectivity index (χ0n) is 15.0. The summed E-state index contributed by atoms with van der Waals surface area (Å²) in [6.45, 7) is 9.61. The van der Waals surface area contributed by atoms with Crippen LogP contribution in [0.1, 0.15) is 27.3 Å². The normalized spacial score (nSPS) is 15.3. The minimum Gasteiger partial charge on any atom is -0.379 e. The van der Waals surface area contributed by atoms with Crippen molar-refractivity contribution in [1.29, 1.82) is 0 Å². The maximum Gasteiger partial charge on any atom is 0.268 e. The Morgan fingerprint density at radius 1 is 1.32 bits per heavy atom. The zero-order valence-corrected chi connectivity index (χ0v) is 15.0. The molecular weight excluding hydrogens is 316 g/mol. The highest BCUT2D eigenvalue weighted by Crippen LogP contribution is 2.17. The van der Waals surface area contributed by atoms with E-state index in [9.17, 15) is 4.79 Å². The Morgan fingerprint density at radius 2 is 2.12 bits per heavy atom. The van der Waals surface area contributed by atoms with Crippen LogP contribution in [0.25, 0.3) is 0 Å². The summed E-state index contributed by atoms with van der Waals surface area (Å²) in [4.78, 5) is 19.2. The van der Waals surface area contributed by atoms with Gasteiger partial charge in [-0.2, -0.15) is 0 Å². The average Bonchev–Trinajstić information content (AvgIpc) is 2.90. The smallest absolute Gasteiger partial charge is 0.268 e. The number of hydrogen-bond donors (Lipinski definition) is 1. The van der Waals surface area contributed by atoms with Crippen LogP contribution in [0.4, 0.5) is 0 Å². The molecule has 0 unspecified atom stereocenters. The molecule has 1 fully saturated rings. The number of aryl methyl sites for hydroxylation is 2. The van der Waals surface area contributed by atoms with Crippen LogP contribution in [-0.4, -0.2) is 59.8 Å². The van der Waals surface area contributed by atoms with Crippen LogP contribution in [0.15, 0.2) is 30.6 Å². The molecule has 1 aliphatic heterocycles. The molecule has 0 aromatic carbocycles. The van der Waals surface area contributed by atoms with Crippen molar-refractivity contribution in [2.75, 3.05) is 39.4 Å². The van der Waals surface area contributed by atoms with E-state index in [1.807, 2.05) is 32.2 Å². The molecule has 134 valence electrons. The van der Waals surface area contributed by atoms with Gasteiger partial charge in [-0.05, 0) is 37.1 Å². The first-order valence-electron chi connectivity index (χ1n) is 8.79. The van der Waals surface area contributed by atoms with Crippen molar-refractivity contribution in [3.63, 3.8) is 0 Å². The highest BCUT2D eigenvalue weighted by atomic mass is 16.5. The molecular formula is C19H26N4O2. The fourth-order valence-corrected chi connectivity index (χ4v) is 3.26. The number of ether oxygens (including phenoxy) is 1. The highest BCUT2D eigenvalue weighted by Gasteiger charge is 2.18. The predicted molar refractivity (Wildman–Crippen MR) is 96.8 cm³/mol. The molecule has 0 bridgehead atoms. The number of nitrogens with one attached hydrogen (secondary N) is 1. The molecule has 6 heteroatoms. The van der Waals surface area contributed by atoms with Crippen LogP contribution in [0.2, 0.25) is 0 Å². The molecule has 2 aromatic rings. The third-order valence-corrected chi connectivity index (χ3v) is 4.59. The highest BCUT2D eigenvalue weighted by molar-refractivity contribution is 5.94. The van der Waals surface area contributed by atoms with E-state index >= 15 is 0 Å². The standard InChI is InChI=1S/C19H26N4O2/c1-15-12-16(2)23(14-17-4-3-5-20-13-17)18(15)19(24)21-6-7-22-8-10-25-11-9-22/h3-5,12-13H,6-11,14H2,1-2H3,(H,21,24). The molecule has 6 nitrogen and oxygen atoms in total. The van der Waals surface area contributed by atoms with E-state index in [0.29, 0.717) is 13.1 Å².